The number of benzene rings is 1. The molecule has 0 heterocycles. The van der Waals surface area contributed by atoms with Gasteiger partial charge in [0.05, 0.1) is 11.6 Å². The van der Waals surface area contributed by atoms with Crippen LogP contribution in [0.15, 0.2) is 24.3 Å². The van der Waals surface area contributed by atoms with Crippen molar-refractivity contribution in [1.82, 2.24) is 0 Å². The maximum absolute atomic E-state index is 8.70. The van der Waals surface area contributed by atoms with Gasteiger partial charge in [-0.25, -0.2) is 0 Å². The third-order valence-corrected chi connectivity index (χ3v) is 2.18. The second-order valence-electron chi connectivity index (χ2n) is 3.22. The molecule has 1 aromatic carbocycles. The zero-order valence-electron chi connectivity index (χ0n) is 7.83. The Bertz CT molecular complexity index is 312. The molecule has 0 fully saturated rings. The molecule has 1 rings (SSSR count). The highest BCUT2D eigenvalue weighted by molar-refractivity contribution is 5.34. The zero-order valence-corrected chi connectivity index (χ0v) is 7.83. The standard InChI is InChI=1S/C11H14N2/c1-9(5-6-12)11-4-2-3-10(7-11)8-13/h2-4,7,9H,5-6,12H2,1H3. The summed E-state index contributed by atoms with van der Waals surface area (Å²) in [5.41, 5.74) is 7.39. The number of nitrogens with two attached hydrogens (primary N) is 1. The Kier molecular flexibility index (Phi) is 3.48. The maximum atomic E-state index is 8.70. The van der Waals surface area contributed by atoms with Crippen LogP contribution in [-0.4, -0.2) is 6.54 Å². The van der Waals surface area contributed by atoms with Crippen LogP contribution in [0.5, 0.6) is 0 Å². The highest BCUT2D eigenvalue weighted by Gasteiger charge is 2.04. The summed E-state index contributed by atoms with van der Waals surface area (Å²) in [5.74, 6) is 0.443. The summed E-state index contributed by atoms with van der Waals surface area (Å²) in [7, 11) is 0. The first-order chi connectivity index (χ1) is 6.27. The van der Waals surface area contributed by atoms with Crippen molar-refractivity contribution in [1.29, 1.82) is 5.26 Å². The van der Waals surface area contributed by atoms with Crippen molar-refractivity contribution in [2.75, 3.05) is 6.54 Å². The lowest BCUT2D eigenvalue weighted by Gasteiger charge is -2.09. The highest BCUT2D eigenvalue weighted by Crippen LogP contribution is 2.18. The summed E-state index contributed by atoms with van der Waals surface area (Å²) in [6.45, 7) is 2.82. The Morgan fingerprint density at radius 3 is 2.92 bits per heavy atom. The molecule has 0 bridgehead atoms. The molecule has 0 amide bonds. The Morgan fingerprint density at radius 1 is 1.54 bits per heavy atom. The van der Waals surface area contributed by atoms with Gasteiger partial charge in [0.1, 0.15) is 0 Å². The number of nitrogens with zero attached hydrogens (tertiary/aromatic N) is 1. The average Bonchev–Trinajstić information content (AvgIpc) is 2.18. The Hall–Kier alpha value is -1.33. The third-order valence-electron chi connectivity index (χ3n) is 2.18. The molecule has 68 valence electrons. The number of nitriles is 1. The van der Waals surface area contributed by atoms with Crippen molar-refractivity contribution < 1.29 is 0 Å². The van der Waals surface area contributed by atoms with E-state index in [1.54, 1.807) is 0 Å². The molecule has 0 aromatic heterocycles. The van der Waals surface area contributed by atoms with Crippen LogP contribution in [0.2, 0.25) is 0 Å². The molecule has 0 aliphatic carbocycles. The normalized spacial score (nSPS) is 12.1. The lowest BCUT2D eigenvalue weighted by molar-refractivity contribution is 0.690. The molecular formula is C11H14N2. The van der Waals surface area contributed by atoms with Gasteiger partial charge in [0, 0.05) is 0 Å². The molecule has 1 aromatic rings. The second-order valence-corrected chi connectivity index (χ2v) is 3.22. The molecule has 1 atom stereocenters. The van der Waals surface area contributed by atoms with Crippen LogP contribution < -0.4 is 5.73 Å². The van der Waals surface area contributed by atoms with E-state index >= 15 is 0 Å². The van der Waals surface area contributed by atoms with Gasteiger partial charge in [-0.05, 0) is 36.6 Å². The van der Waals surface area contributed by atoms with E-state index in [2.05, 4.69) is 13.0 Å². The molecule has 2 N–H and O–H groups in total. The van der Waals surface area contributed by atoms with Gasteiger partial charge in [-0.15, -0.1) is 0 Å². The van der Waals surface area contributed by atoms with E-state index < -0.39 is 0 Å². The van der Waals surface area contributed by atoms with E-state index in [1.807, 2.05) is 24.3 Å². The van der Waals surface area contributed by atoms with Crippen LogP contribution in [0.25, 0.3) is 0 Å². The molecule has 1 unspecified atom stereocenters. The summed E-state index contributed by atoms with van der Waals surface area (Å²) < 4.78 is 0. The van der Waals surface area contributed by atoms with Gasteiger partial charge in [-0.2, -0.15) is 5.26 Å². The van der Waals surface area contributed by atoms with Crippen molar-refractivity contribution in [3.05, 3.63) is 35.4 Å². The number of hydrogen-bond donors (Lipinski definition) is 1. The molecule has 0 saturated heterocycles. The third kappa shape index (κ3) is 2.57. The van der Waals surface area contributed by atoms with Crippen LogP contribution in [0.1, 0.15) is 30.4 Å². The molecule has 13 heavy (non-hydrogen) atoms. The lowest BCUT2D eigenvalue weighted by atomic mass is 9.96. The molecule has 2 nitrogen and oxygen atoms in total. The lowest BCUT2D eigenvalue weighted by Crippen LogP contribution is -2.04. The van der Waals surface area contributed by atoms with E-state index in [1.165, 1.54) is 5.56 Å². The van der Waals surface area contributed by atoms with Crippen LogP contribution in [0.3, 0.4) is 0 Å². The van der Waals surface area contributed by atoms with Crippen LogP contribution in [0.4, 0.5) is 0 Å². The average molecular weight is 174 g/mol. The Balaban J connectivity index is 2.83. The minimum atomic E-state index is 0.443. The van der Waals surface area contributed by atoms with E-state index in [0.717, 1.165) is 12.0 Å². The zero-order chi connectivity index (χ0) is 9.68. The van der Waals surface area contributed by atoms with E-state index in [9.17, 15) is 0 Å². The molecule has 0 aliphatic heterocycles. The highest BCUT2D eigenvalue weighted by atomic mass is 14.5. The van der Waals surface area contributed by atoms with Crippen LogP contribution in [0, 0.1) is 11.3 Å². The monoisotopic (exact) mass is 174 g/mol. The molecule has 0 saturated carbocycles. The second kappa shape index (κ2) is 4.64. The van der Waals surface area contributed by atoms with Crippen molar-refractivity contribution in [2.45, 2.75) is 19.3 Å². The van der Waals surface area contributed by atoms with Crippen molar-refractivity contribution in [2.24, 2.45) is 5.73 Å². The topological polar surface area (TPSA) is 49.8 Å². The fraction of sp³-hybridized carbons (Fsp3) is 0.364. The summed E-state index contributed by atoms with van der Waals surface area (Å²) in [4.78, 5) is 0. The van der Waals surface area contributed by atoms with Gasteiger partial charge in [0.2, 0.25) is 0 Å². The molecule has 0 aliphatic rings. The Labute approximate surface area is 79.0 Å². The van der Waals surface area contributed by atoms with Gasteiger partial charge < -0.3 is 5.73 Å². The van der Waals surface area contributed by atoms with Crippen molar-refractivity contribution in [3.63, 3.8) is 0 Å². The van der Waals surface area contributed by atoms with Gasteiger partial charge in [-0.1, -0.05) is 19.1 Å². The molecule has 2 heteroatoms. The quantitative estimate of drug-likeness (QED) is 0.762. The molecule has 0 radical (unpaired) electrons. The van der Waals surface area contributed by atoms with E-state index in [0.29, 0.717) is 12.5 Å². The van der Waals surface area contributed by atoms with Gasteiger partial charge in [-0.3, -0.25) is 0 Å². The number of rotatable bonds is 3. The minimum Gasteiger partial charge on any atom is -0.330 e. The first-order valence-electron chi connectivity index (χ1n) is 4.48. The summed E-state index contributed by atoms with van der Waals surface area (Å²) in [5, 5.41) is 8.70. The first-order valence-corrected chi connectivity index (χ1v) is 4.48. The first kappa shape index (κ1) is 9.76. The van der Waals surface area contributed by atoms with E-state index in [4.69, 9.17) is 11.0 Å². The van der Waals surface area contributed by atoms with Gasteiger partial charge in [0.15, 0.2) is 0 Å². The predicted octanol–water partition coefficient (Wildman–Crippen LogP) is 2.01. The SMILES string of the molecule is CC(CCN)c1cccc(C#N)c1. The molecule has 0 spiro atoms. The van der Waals surface area contributed by atoms with Crippen molar-refractivity contribution in [3.8, 4) is 6.07 Å². The van der Waals surface area contributed by atoms with Crippen LogP contribution >= 0.6 is 0 Å². The van der Waals surface area contributed by atoms with Crippen LogP contribution in [-0.2, 0) is 0 Å². The number of hydrogen-bond acceptors (Lipinski definition) is 2. The smallest absolute Gasteiger partial charge is 0.0991 e. The Morgan fingerprint density at radius 2 is 2.31 bits per heavy atom. The summed E-state index contributed by atoms with van der Waals surface area (Å²) >= 11 is 0. The van der Waals surface area contributed by atoms with Crippen molar-refractivity contribution >= 4 is 0 Å². The van der Waals surface area contributed by atoms with E-state index in [-0.39, 0.29) is 0 Å². The largest absolute Gasteiger partial charge is 0.330 e. The van der Waals surface area contributed by atoms with Gasteiger partial charge in [0.25, 0.3) is 0 Å². The summed E-state index contributed by atoms with van der Waals surface area (Å²) in [6.07, 6.45) is 0.967. The molecular weight excluding hydrogens is 160 g/mol. The summed E-state index contributed by atoms with van der Waals surface area (Å²) in [6, 6.07) is 9.84. The minimum absolute atomic E-state index is 0.443. The predicted molar refractivity (Wildman–Crippen MR) is 53.2 cm³/mol. The van der Waals surface area contributed by atoms with Gasteiger partial charge >= 0.3 is 0 Å². The fourth-order valence-corrected chi connectivity index (χ4v) is 1.33. The fourth-order valence-electron chi connectivity index (χ4n) is 1.33. The maximum Gasteiger partial charge on any atom is 0.0991 e.